The summed E-state index contributed by atoms with van der Waals surface area (Å²) >= 11 is 0. The van der Waals surface area contributed by atoms with Gasteiger partial charge in [-0.15, -0.1) is 0 Å². The van der Waals surface area contributed by atoms with E-state index < -0.39 is 19.9 Å². The minimum absolute atomic E-state index is 0.0446. The highest BCUT2D eigenvalue weighted by Gasteiger charge is 2.30. The first-order chi connectivity index (χ1) is 11.8. The molecule has 3 rings (SSSR count). The monoisotopic (exact) mass is 380 g/mol. The van der Waals surface area contributed by atoms with E-state index >= 15 is 0 Å². The van der Waals surface area contributed by atoms with Crippen LogP contribution in [0.25, 0.3) is 0 Å². The zero-order valence-corrected chi connectivity index (χ0v) is 15.4. The number of nitrogens with zero attached hydrogens (tertiary/aromatic N) is 1. The van der Waals surface area contributed by atoms with Crippen molar-refractivity contribution in [2.75, 3.05) is 28.2 Å². The number of sulfonamides is 1. The lowest BCUT2D eigenvalue weighted by Gasteiger charge is -2.25. The van der Waals surface area contributed by atoms with Gasteiger partial charge in [-0.3, -0.25) is 4.72 Å². The Bertz CT molecular complexity index is 940. The SMILES string of the molecule is CN(c1ccc(NS(=O)(=O)c2ccccc2)cc1)C1CCS(=O)(=O)C1. The van der Waals surface area contributed by atoms with Crippen molar-refractivity contribution >= 4 is 31.2 Å². The zero-order valence-electron chi connectivity index (χ0n) is 13.8. The van der Waals surface area contributed by atoms with Gasteiger partial charge in [0.1, 0.15) is 0 Å². The Morgan fingerprint density at radius 3 is 2.24 bits per heavy atom. The van der Waals surface area contributed by atoms with Crippen LogP contribution in [0, 0.1) is 0 Å². The molecule has 0 saturated carbocycles. The van der Waals surface area contributed by atoms with E-state index in [2.05, 4.69) is 4.72 Å². The van der Waals surface area contributed by atoms with Gasteiger partial charge in [0.2, 0.25) is 0 Å². The number of rotatable bonds is 5. The lowest BCUT2D eigenvalue weighted by atomic mass is 10.2. The molecular weight excluding hydrogens is 360 g/mol. The molecule has 1 N–H and O–H groups in total. The topological polar surface area (TPSA) is 83.6 Å². The standard InChI is InChI=1S/C17H20N2O4S2/c1-19(16-11-12-24(20,21)13-16)15-9-7-14(8-10-15)18-25(22,23)17-5-3-2-4-6-17/h2-10,16,18H,11-13H2,1H3. The predicted octanol–water partition coefficient (Wildman–Crippen LogP) is 2.11. The van der Waals surface area contributed by atoms with Gasteiger partial charge in [0.25, 0.3) is 10.0 Å². The molecule has 1 heterocycles. The Morgan fingerprint density at radius 2 is 1.68 bits per heavy atom. The van der Waals surface area contributed by atoms with Crippen LogP contribution in [-0.2, 0) is 19.9 Å². The quantitative estimate of drug-likeness (QED) is 0.859. The van der Waals surface area contributed by atoms with Crippen LogP contribution >= 0.6 is 0 Å². The molecular formula is C17H20N2O4S2. The third kappa shape index (κ3) is 4.13. The summed E-state index contributed by atoms with van der Waals surface area (Å²) < 4.78 is 50.4. The van der Waals surface area contributed by atoms with E-state index in [1.165, 1.54) is 12.1 Å². The Balaban J connectivity index is 1.72. The summed E-state index contributed by atoms with van der Waals surface area (Å²) in [4.78, 5) is 2.13. The molecule has 0 spiro atoms. The summed E-state index contributed by atoms with van der Waals surface area (Å²) in [5.41, 5.74) is 1.31. The van der Waals surface area contributed by atoms with E-state index in [0.29, 0.717) is 12.1 Å². The lowest BCUT2D eigenvalue weighted by molar-refractivity contribution is 0.599. The highest BCUT2D eigenvalue weighted by molar-refractivity contribution is 7.92. The molecule has 0 radical (unpaired) electrons. The van der Waals surface area contributed by atoms with Gasteiger partial charge in [-0.2, -0.15) is 0 Å². The molecule has 1 unspecified atom stereocenters. The van der Waals surface area contributed by atoms with E-state index in [1.807, 2.05) is 11.9 Å². The largest absolute Gasteiger partial charge is 0.371 e. The number of hydrogen-bond acceptors (Lipinski definition) is 5. The zero-order chi connectivity index (χ0) is 18.1. The molecule has 0 bridgehead atoms. The van der Waals surface area contributed by atoms with Crippen LogP contribution in [-0.4, -0.2) is 41.4 Å². The highest BCUT2D eigenvalue weighted by atomic mass is 32.2. The fourth-order valence-electron chi connectivity index (χ4n) is 2.87. The maximum atomic E-state index is 12.3. The fourth-order valence-corrected chi connectivity index (χ4v) is 5.72. The molecule has 134 valence electrons. The van der Waals surface area contributed by atoms with Crippen LogP contribution in [0.5, 0.6) is 0 Å². The van der Waals surface area contributed by atoms with Crippen LogP contribution in [0.3, 0.4) is 0 Å². The van der Waals surface area contributed by atoms with Gasteiger partial charge in [-0.05, 0) is 42.8 Å². The molecule has 1 saturated heterocycles. The van der Waals surface area contributed by atoms with Crippen molar-refractivity contribution in [1.82, 2.24) is 0 Å². The van der Waals surface area contributed by atoms with Crippen molar-refractivity contribution in [3.63, 3.8) is 0 Å². The first-order valence-electron chi connectivity index (χ1n) is 7.88. The van der Waals surface area contributed by atoms with Crippen molar-refractivity contribution in [2.45, 2.75) is 17.4 Å². The predicted molar refractivity (Wildman–Crippen MR) is 99.2 cm³/mol. The molecule has 0 aliphatic carbocycles. The molecule has 0 aromatic heterocycles. The van der Waals surface area contributed by atoms with Crippen molar-refractivity contribution in [2.24, 2.45) is 0 Å². The maximum absolute atomic E-state index is 12.3. The smallest absolute Gasteiger partial charge is 0.261 e. The summed E-state index contributed by atoms with van der Waals surface area (Å²) in [7, 11) is -4.71. The minimum atomic E-state index is -3.62. The van der Waals surface area contributed by atoms with Crippen LogP contribution < -0.4 is 9.62 Å². The summed E-state index contributed by atoms with van der Waals surface area (Å²) in [6.45, 7) is 0. The molecule has 25 heavy (non-hydrogen) atoms. The molecule has 1 fully saturated rings. The third-order valence-corrected chi connectivity index (χ3v) is 7.48. The lowest BCUT2D eigenvalue weighted by Crippen LogP contribution is -2.32. The molecule has 0 amide bonds. The summed E-state index contributed by atoms with van der Waals surface area (Å²) in [5.74, 6) is 0.378. The summed E-state index contributed by atoms with van der Waals surface area (Å²) in [6.07, 6.45) is 0.612. The molecule has 6 nitrogen and oxygen atoms in total. The molecule has 2 aromatic carbocycles. The van der Waals surface area contributed by atoms with Crippen molar-refractivity contribution in [3.05, 3.63) is 54.6 Å². The van der Waals surface area contributed by atoms with Crippen LogP contribution in [0.15, 0.2) is 59.5 Å². The Morgan fingerprint density at radius 1 is 1.04 bits per heavy atom. The van der Waals surface area contributed by atoms with Gasteiger partial charge in [-0.25, -0.2) is 16.8 Å². The molecule has 2 aromatic rings. The Labute approximate surface area is 148 Å². The van der Waals surface area contributed by atoms with Crippen molar-refractivity contribution in [3.8, 4) is 0 Å². The van der Waals surface area contributed by atoms with Crippen molar-refractivity contribution < 1.29 is 16.8 Å². The second-order valence-corrected chi connectivity index (χ2v) is 10.0. The first-order valence-corrected chi connectivity index (χ1v) is 11.2. The number of benzene rings is 2. The Kier molecular flexibility index (Phi) is 4.75. The Hall–Kier alpha value is -2.06. The second kappa shape index (κ2) is 6.68. The average Bonchev–Trinajstić information content (AvgIpc) is 2.95. The number of nitrogens with one attached hydrogen (secondary N) is 1. The molecule has 1 atom stereocenters. The third-order valence-electron chi connectivity index (χ3n) is 4.34. The number of sulfone groups is 1. The molecule has 1 aliphatic rings. The van der Waals surface area contributed by atoms with E-state index in [1.54, 1.807) is 42.5 Å². The maximum Gasteiger partial charge on any atom is 0.261 e. The van der Waals surface area contributed by atoms with Gasteiger partial charge in [-0.1, -0.05) is 18.2 Å². The fraction of sp³-hybridized carbons (Fsp3) is 0.294. The number of hydrogen-bond donors (Lipinski definition) is 1. The molecule has 1 aliphatic heterocycles. The van der Waals surface area contributed by atoms with Gasteiger partial charge in [0.15, 0.2) is 9.84 Å². The van der Waals surface area contributed by atoms with E-state index in [4.69, 9.17) is 0 Å². The van der Waals surface area contributed by atoms with Gasteiger partial charge >= 0.3 is 0 Å². The second-order valence-electron chi connectivity index (χ2n) is 6.13. The van der Waals surface area contributed by atoms with Gasteiger partial charge < -0.3 is 4.90 Å². The molecule has 8 heteroatoms. The van der Waals surface area contributed by atoms with Crippen LogP contribution in [0.1, 0.15) is 6.42 Å². The summed E-state index contributed by atoms with van der Waals surface area (Å²) in [6, 6.07) is 15.0. The number of anilines is 2. The van der Waals surface area contributed by atoms with E-state index in [-0.39, 0.29) is 22.4 Å². The highest BCUT2D eigenvalue weighted by Crippen LogP contribution is 2.25. The summed E-state index contributed by atoms with van der Waals surface area (Å²) in [5, 5.41) is 0. The van der Waals surface area contributed by atoms with E-state index in [0.717, 1.165) is 5.69 Å². The van der Waals surface area contributed by atoms with Crippen LogP contribution in [0.2, 0.25) is 0 Å². The van der Waals surface area contributed by atoms with Crippen molar-refractivity contribution in [1.29, 1.82) is 0 Å². The normalized spacial score (nSPS) is 19.5. The van der Waals surface area contributed by atoms with Crippen LogP contribution in [0.4, 0.5) is 11.4 Å². The minimum Gasteiger partial charge on any atom is -0.371 e. The van der Waals surface area contributed by atoms with E-state index in [9.17, 15) is 16.8 Å². The average molecular weight is 380 g/mol. The van der Waals surface area contributed by atoms with Gasteiger partial charge in [0.05, 0.1) is 16.4 Å². The van der Waals surface area contributed by atoms with Gasteiger partial charge in [0, 0.05) is 24.5 Å². The first kappa shape index (κ1) is 17.8.